The maximum atomic E-state index is 3.65. The number of benzene rings is 1. The number of nitrogens with one attached hydrogen (secondary N) is 1. The summed E-state index contributed by atoms with van der Waals surface area (Å²) < 4.78 is 1.31. The first-order valence-electron chi connectivity index (χ1n) is 6.69. The summed E-state index contributed by atoms with van der Waals surface area (Å²) in [7, 11) is 0. The van der Waals surface area contributed by atoms with Gasteiger partial charge in [-0.2, -0.15) is 0 Å². The van der Waals surface area contributed by atoms with E-state index in [1.807, 2.05) is 0 Å². The van der Waals surface area contributed by atoms with Gasteiger partial charge >= 0.3 is 0 Å². The van der Waals surface area contributed by atoms with Crippen LogP contribution in [-0.4, -0.2) is 6.54 Å². The van der Waals surface area contributed by atoms with Gasteiger partial charge in [0.1, 0.15) is 0 Å². The first-order chi connectivity index (χ1) is 8.24. The van der Waals surface area contributed by atoms with Crippen molar-refractivity contribution in [3.8, 4) is 0 Å². The Morgan fingerprint density at radius 2 is 1.82 bits per heavy atom. The highest BCUT2D eigenvalue weighted by Crippen LogP contribution is 2.40. The van der Waals surface area contributed by atoms with E-state index in [2.05, 4.69) is 59.1 Å². The van der Waals surface area contributed by atoms with Crippen molar-refractivity contribution >= 4 is 22.6 Å². The molecule has 1 aromatic carbocycles. The molecular weight excluding hydrogens is 321 g/mol. The van der Waals surface area contributed by atoms with Gasteiger partial charge in [0, 0.05) is 16.7 Å². The lowest BCUT2D eigenvalue weighted by atomic mass is 9.83. The Bertz CT molecular complexity index is 338. The molecule has 0 saturated heterocycles. The molecule has 0 aromatic heterocycles. The minimum Gasteiger partial charge on any atom is -0.312 e. The van der Waals surface area contributed by atoms with Crippen molar-refractivity contribution in [3.63, 3.8) is 0 Å². The summed E-state index contributed by atoms with van der Waals surface area (Å²) in [6.07, 6.45) is 7.02. The van der Waals surface area contributed by atoms with E-state index in [4.69, 9.17) is 0 Å². The van der Waals surface area contributed by atoms with Gasteiger partial charge in [-0.25, -0.2) is 0 Å². The van der Waals surface area contributed by atoms with E-state index in [0.29, 0.717) is 5.41 Å². The topological polar surface area (TPSA) is 12.0 Å². The Kier molecular flexibility index (Phi) is 4.86. The highest BCUT2D eigenvalue weighted by Gasteiger charge is 2.31. The molecule has 1 N–H and O–H groups in total. The number of rotatable bonds is 5. The molecule has 2 rings (SSSR count). The minimum atomic E-state index is 0.600. The van der Waals surface area contributed by atoms with Crippen LogP contribution in [0.5, 0.6) is 0 Å². The van der Waals surface area contributed by atoms with Crippen LogP contribution in [0.3, 0.4) is 0 Å². The Balaban J connectivity index is 1.80. The maximum Gasteiger partial charge on any atom is 0.0205 e. The van der Waals surface area contributed by atoms with Crippen LogP contribution in [-0.2, 0) is 6.54 Å². The molecule has 1 aromatic rings. The fourth-order valence-electron chi connectivity index (χ4n) is 2.85. The molecule has 0 radical (unpaired) electrons. The lowest BCUT2D eigenvalue weighted by molar-refractivity contribution is 0.268. The molecule has 0 aliphatic heterocycles. The van der Waals surface area contributed by atoms with Crippen molar-refractivity contribution in [1.82, 2.24) is 5.32 Å². The maximum absolute atomic E-state index is 3.65. The molecule has 17 heavy (non-hydrogen) atoms. The summed E-state index contributed by atoms with van der Waals surface area (Å²) >= 11 is 2.35. The number of halogens is 1. The van der Waals surface area contributed by atoms with Gasteiger partial charge in [0.2, 0.25) is 0 Å². The quantitative estimate of drug-likeness (QED) is 0.784. The summed E-state index contributed by atoms with van der Waals surface area (Å²) in [5.74, 6) is 0. The van der Waals surface area contributed by atoms with Gasteiger partial charge in [0.25, 0.3) is 0 Å². The standard InChI is InChI=1S/C15H22IN/c1-2-15(9-3-4-10-15)12-17-11-13-5-7-14(16)8-6-13/h5-8,17H,2-4,9-12H2,1H3. The molecule has 0 atom stereocenters. The van der Waals surface area contributed by atoms with E-state index >= 15 is 0 Å². The molecule has 1 aliphatic carbocycles. The molecule has 1 saturated carbocycles. The van der Waals surface area contributed by atoms with E-state index in [1.165, 1.54) is 47.8 Å². The smallest absolute Gasteiger partial charge is 0.0205 e. The Labute approximate surface area is 119 Å². The molecule has 0 heterocycles. The van der Waals surface area contributed by atoms with Crippen molar-refractivity contribution in [1.29, 1.82) is 0 Å². The van der Waals surface area contributed by atoms with Crippen LogP contribution < -0.4 is 5.32 Å². The molecule has 0 amide bonds. The second-order valence-corrected chi connectivity index (χ2v) is 6.54. The summed E-state index contributed by atoms with van der Waals surface area (Å²) in [5, 5.41) is 3.65. The molecule has 0 unspecified atom stereocenters. The largest absolute Gasteiger partial charge is 0.312 e. The predicted octanol–water partition coefficient (Wildman–Crippen LogP) is 4.35. The second kappa shape index (κ2) is 6.19. The third-order valence-electron chi connectivity index (χ3n) is 4.16. The number of hydrogen-bond donors (Lipinski definition) is 1. The van der Waals surface area contributed by atoms with Crippen LogP contribution in [0.15, 0.2) is 24.3 Å². The van der Waals surface area contributed by atoms with E-state index < -0.39 is 0 Å². The minimum absolute atomic E-state index is 0.600. The molecular formula is C15H22IN. The number of hydrogen-bond acceptors (Lipinski definition) is 1. The fourth-order valence-corrected chi connectivity index (χ4v) is 3.21. The zero-order valence-electron chi connectivity index (χ0n) is 10.6. The molecule has 0 bridgehead atoms. The summed E-state index contributed by atoms with van der Waals surface area (Å²) in [6, 6.07) is 8.82. The highest BCUT2D eigenvalue weighted by atomic mass is 127. The third kappa shape index (κ3) is 3.68. The van der Waals surface area contributed by atoms with Crippen molar-refractivity contribution in [2.24, 2.45) is 5.41 Å². The van der Waals surface area contributed by atoms with Crippen molar-refractivity contribution in [2.45, 2.75) is 45.6 Å². The predicted molar refractivity (Wildman–Crippen MR) is 82.1 cm³/mol. The molecule has 94 valence electrons. The van der Waals surface area contributed by atoms with Crippen LogP contribution in [0, 0.1) is 8.99 Å². The van der Waals surface area contributed by atoms with Gasteiger partial charge in [-0.3, -0.25) is 0 Å². The average Bonchev–Trinajstić information content (AvgIpc) is 2.81. The van der Waals surface area contributed by atoms with E-state index in [-0.39, 0.29) is 0 Å². The monoisotopic (exact) mass is 343 g/mol. The lowest BCUT2D eigenvalue weighted by Gasteiger charge is -2.27. The molecule has 0 spiro atoms. The molecule has 1 aliphatic rings. The normalized spacial score (nSPS) is 18.5. The third-order valence-corrected chi connectivity index (χ3v) is 4.88. The van der Waals surface area contributed by atoms with Gasteiger partial charge in [-0.15, -0.1) is 0 Å². The summed E-state index contributed by atoms with van der Waals surface area (Å²) in [6.45, 7) is 4.55. The van der Waals surface area contributed by atoms with E-state index in [0.717, 1.165) is 6.54 Å². The fraction of sp³-hybridized carbons (Fsp3) is 0.600. The molecule has 2 heteroatoms. The van der Waals surface area contributed by atoms with Crippen molar-refractivity contribution < 1.29 is 0 Å². The van der Waals surface area contributed by atoms with Gasteiger partial charge < -0.3 is 5.32 Å². The Morgan fingerprint density at radius 1 is 1.18 bits per heavy atom. The van der Waals surface area contributed by atoms with Gasteiger partial charge in [-0.1, -0.05) is 31.9 Å². The van der Waals surface area contributed by atoms with Crippen LogP contribution >= 0.6 is 22.6 Å². The zero-order chi connectivity index (χ0) is 12.1. The Hall–Kier alpha value is -0.0900. The first kappa shape index (κ1) is 13.3. The van der Waals surface area contributed by atoms with E-state index in [1.54, 1.807) is 0 Å². The summed E-state index contributed by atoms with van der Waals surface area (Å²) in [4.78, 5) is 0. The zero-order valence-corrected chi connectivity index (χ0v) is 12.8. The van der Waals surface area contributed by atoms with Crippen molar-refractivity contribution in [2.75, 3.05) is 6.54 Å². The SMILES string of the molecule is CCC1(CNCc2ccc(I)cc2)CCCC1. The average molecular weight is 343 g/mol. The van der Waals surface area contributed by atoms with Gasteiger partial charge in [0.05, 0.1) is 0 Å². The molecule has 1 nitrogen and oxygen atoms in total. The highest BCUT2D eigenvalue weighted by molar-refractivity contribution is 14.1. The van der Waals surface area contributed by atoms with Crippen LogP contribution in [0.1, 0.15) is 44.6 Å². The second-order valence-electron chi connectivity index (χ2n) is 5.29. The van der Waals surface area contributed by atoms with Crippen molar-refractivity contribution in [3.05, 3.63) is 33.4 Å². The lowest BCUT2D eigenvalue weighted by Crippen LogP contribution is -2.31. The van der Waals surface area contributed by atoms with Gasteiger partial charge in [0.15, 0.2) is 0 Å². The van der Waals surface area contributed by atoms with Gasteiger partial charge in [-0.05, 0) is 65.0 Å². The van der Waals surface area contributed by atoms with E-state index in [9.17, 15) is 0 Å². The van der Waals surface area contributed by atoms with Crippen LogP contribution in [0.2, 0.25) is 0 Å². The van der Waals surface area contributed by atoms with Crippen LogP contribution in [0.25, 0.3) is 0 Å². The molecule has 1 fully saturated rings. The first-order valence-corrected chi connectivity index (χ1v) is 7.77. The summed E-state index contributed by atoms with van der Waals surface area (Å²) in [5.41, 5.74) is 2.00. The van der Waals surface area contributed by atoms with Crippen LogP contribution in [0.4, 0.5) is 0 Å². The Morgan fingerprint density at radius 3 is 2.41 bits per heavy atom.